The molecular weight excluding hydrogens is 292 g/mol. The van der Waals surface area contributed by atoms with E-state index < -0.39 is 5.54 Å². The van der Waals surface area contributed by atoms with Crippen LogP contribution in [0, 0.1) is 6.92 Å². The summed E-state index contributed by atoms with van der Waals surface area (Å²) in [5, 5.41) is 3.05. The molecular formula is C16H20N6O. The number of carbonyl (C=O) groups excluding carboxylic acids is 1. The van der Waals surface area contributed by atoms with Crippen molar-refractivity contribution in [2.45, 2.75) is 32.2 Å². The van der Waals surface area contributed by atoms with Gasteiger partial charge in [0.2, 0.25) is 0 Å². The van der Waals surface area contributed by atoms with Gasteiger partial charge in [-0.05, 0) is 26.7 Å². The molecule has 7 heteroatoms. The largest absolute Gasteiger partial charge is 0.373 e. The highest BCUT2D eigenvalue weighted by Gasteiger charge is 2.44. The number of hydrogen-bond donors (Lipinski definition) is 1. The Kier molecular flexibility index (Phi) is 3.94. The summed E-state index contributed by atoms with van der Waals surface area (Å²) in [5.74, 6) is 1.29. The number of aromatic nitrogens is 4. The smallest absolute Gasteiger partial charge is 0.274 e. The first-order valence-corrected chi connectivity index (χ1v) is 7.66. The third-order valence-corrected chi connectivity index (χ3v) is 4.26. The molecule has 2 aromatic rings. The predicted octanol–water partition coefficient (Wildman–Crippen LogP) is 1.77. The van der Waals surface area contributed by atoms with E-state index in [9.17, 15) is 4.79 Å². The van der Waals surface area contributed by atoms with Gasteiger partial charge in [0.25, 0.3) is 5.91 Å². The molecule has 7 nitrogen and oxygen atoms in total. The van der Waals surface area contributed by atoms with Crippen LogP contribution in [0.5, 0.6) is 0 Å². The maximum absolute atomic E-state index is 12.8. The second-order valence-corrected chi connectivity index (χ2v) is 5.89. The lowest BCUT2D eigenvalue weighted by Gasteiger charge is -2.34. The van der Waals surface area contributed by atoms with E-state index in [2.05, 4.69) is 25.3 Å². The van der Waals surface area contributed by atoms with Crippen LogP contribution in [0.15, 0.2) is 24.7 Å². The Bertz CT molecular complexity index is 720. The van der Waals surface area contributed by atoms with E-state index in [0.29, 0.717) is 18.1 Å². The summed E-state index contributed by atoms with van der Waals surface area (Å²) in [6.45, 7) is 4.61. The molecule has 2 aromatic heterocycles. The van der Waals surface area contributed by atoms with Gasteiger partial charge in [-0.25, -0.2) is 15.0 Å². The fraction of sp³-hybridized carbons (Fsp3) is 0.438. The molecule has 1 N–H and O–H groups in total. The number of nitrogens with one attached hydrogen (secondary N) is 1. The van der Waals surface area contributed by atoms with E-state index >= 15 is 0 Å². The molecule has 0 saturated carbocycles. The first kappa shape index (κ1) is 15.3. The normalized spacial score (nSPS) is 20.6. The third-order valence-electron chi connectivity index (χ3n) is 4.26. The first-order valence-electron chi connectivity index (χ1n) is 7.66. The quantitative estimate of drug-likeness (QED) is 0.930. The summed E-state index contributed by atoms with van der Waals surface area (Å²) < 4.78 is 0. The van der Waals surface area contributed by atoms with Crippen molar-refractivity contribution in [2.75, 3.05) is 18.9 Å². The van der Waals surface area contributed by atoms with E-state index in [4.69, 9.17) is 0 Å². The predicted molar refractivity (Wildman–Crippen MR) is 86.0 cm³/mol. The van der Waals surface area contributed by atoms with Crippen molar-refractivity contribution in [1.29, 1.82) is 0 Å². The molecule has 1 aliphatic heterocycles. The van der Waals surface area contributed by atoms with Crippen LogP contribution in [0.4, 0.5) is 5.82 Å². The molecule has 0 aromatic carbocycles. The molecule has 23 heavy (non-hydrogen) atoms. The van der Waals surface area contributed by atoms with Gasteiger partial charge in [-0.2, -0.15) is 0 Å². The van der Waals surface area contributed by atoms with Gasteiger partial charge in [0.05, 0.1) is 6.20 Å². The molecule has 0 aliphatic carbocycles. The fourth-order valence-corrected chi connectivity index (χ4v) is 3.01. The standard InChI is InChI=1S/C16H20N6O/c1-11-9-13(17-3)21-15(20-11)16(2)5-4-8-22(16)14(23)12-10-18-6-7-19-12/h6-7,9-10H,4-5,8H2,1-3H3,(H,17,20,21). The molecule has 0 spiro atoms. The molecule has 1 fully saturated rings. The summed E-state index contributed by atoms with van der Waals surface area (Å²) in [7, 11) is 1.82. The minimum Gasteiger partial charge on any atom is -0.373 e. The zero-order valence-electron chi connectivity index (χ0n) is 13.6. The average molecular weight is 312 g/mol. The highest BCUT2D eigenvalue weighted by Crippen LogP contribution is 2.38. The number of carbonyl (C=O) groups is 1. The Morgan fingerprint density at radius 2 is 2.17 bits per heavy atom. The average Bonchev–Trinajstić information content (AvgIpc) is 2.97. The van der Waals surface area contributed by atoms with E-state index in [1.165, 1.54) is 12.4 Å². The van der Waals surface area contributed by atoms with Crippen molar-refractivity contribution in [3.63, 3.8) is 0 Å². The van der Waals surface area contributed by atoms with Crippen LogP contribution in [0.3, 0.4) is 0 Å². The van der Waals surface area contributed by atoms with Crippen molar-refractivity contribution in [2.24, 2.45) is 0 Å². The van der Waals surface area contributed by atoms with Gasteiger partial charge in [-0.15, -0.1) is 0 Å². The number of rotatable bonds is 3. The lowest BCUT2D eigenvalue weighted by molar-refractivity contribution is 0.0597. The Morgan fingerprint density at radius 1 is 1.35 bits per heavy atom. The zero-order chi connectivity index (χ0) is 16.4. The number of hydrogen-bond acceptors (Lipinski definition) is 6. The monoisotopic (exact) mass is 312 g/mol. The second kappa shape index (κ2) is 5.91. The van der Waals surface area contributed by atoms with Crippen molar-refractivity contribution in [3.8, 4) is 0 Å². The van der Waals surface area contributed by atoms with Crippen molar-refractivity contribution in [3.05, 3.63) is 41.9 Å². The first-order chi connectivity index (χ1) is 11.0. The van der Waals surface area contributed by atoms with Crippen LogP contribution in [-0.2, 0) is 5.54 Å². The van der Waals surface area contributed by atoms with Crippen LogP contribution >= 0.6 is 0 Å². The zero-order valence-corrected chi connectivity index (χ0v) is 13.6. The van der Waals surface area contributed by atoms with Gasteiger partial charge in [-0.1, -0.05) is 0 Å². The Morgan fingerprint density at radius 3 is 2.87 bits per heavy atom. The molecule has 1 atom stereocenters. The minimum atomic E-state index is -0.535. The van der Waals surface area contributed by atoms with Crippen molar-refractivity contribution in [1.82, 2.24) is 24.8 Å². The molecule has 0 radical (unpaired) electrons. The highest BCUT2D eigenvalue weighted by atomic mass is 16.2. The maximum Gasteiger partial charge on any atom is 0.274 e. The Balaban J connectivity index is 2.00. The minimum absolute atomic E-state index is 0.130. The number of likely N-dealkylation sites (tertiary alicyclic amines) is 1. The topological polar surface area (TPSA) is 83.9 Å². The summed E-state index contributed by atoms with van der Waals surface area (Å²) in [6.07, 6.45) is 6.32. The third kappa shape index (κ3) is 2.74. The second-order valence-electron chi connectivity index (χ2n) is 5.89. The van der Waals surface area contributed by atoms with Crippen LogP contribution in [0.2, 0.25) is 0 Å². The number of anilines is 1. The van der Waals surface area contributed by atoms with Gasteiger partial charge < -0.3 is 10.2 Å². The lowest BCUT2D eigenvalue weighted by Crippen LogP contribution is -2.44. The molecule has 3 heterocycles. The molecule has 120 valence electrons. The molecule has 0 bridgehead atoms. The number of nitrogens with zero attached hydrogens (tertiary/aromatic N) is 5. The summed E-state index contributed by atoms with van der Waals surface area (Å²) in [5.41, 5.74) is 0.688. The summed E-state index contributed by atoms with van der Waals surface area (Å²) in [6, 6.07) is 1.89. The molecule has 3 rings (SSSR count). The van der Waals surface area contributed by atoms with Crippen molar-refractivity contribution >= 4 is 11.7 Å². The summed E-state index contributed by atoms with van der Waals surface area (Å²) in [4.78, 5) is 31.9. The molecule has 1 unspecified atom stereocenters. The highest BCUT2D eigenvalue weighted by molar-refractivity contribution is 5.92. The van der Waals surface area contributed by atoms with Gasteiger partial charge in [0.15, 0.2) is 5.82 Å². The van der Waals surface area contributed by atoms with Crippen LogP contribution in [0.25, 0.3) is 0 Å². The lowest BCUT2D eigenvalue weighted by atomic mass is 9.97. The van der Waals surface area contributed by atoms with Crippen LogP contribution in [0.1, 0.15) is 41.8 Å². The van der Waals surface area contributed by atoms with Crippen molar-refractivity contribution < 1.29 is 4.79 Å². The van der Waals surface area contributed by atoms with Crippen LogP contribution < -0.4 is 5.32 Å². The SMILES string of the molecule is CNc1cc(C)nc(C2(C)CCCN2C(=O)c2cnccn2)n1. The fourth-order valence-electron chi connectivity index (χ4n) is 3.01. The van der Waals surface area contributed by atoms with Crippen LogP contribution in [-0.4, -0.2) is 44.3 Å². The van der Waals surface area contributed by atoms with Gasteiger partial charge in [-0.3, -0.25) is 9.78 Å². The van der Waals surface area contributed by atoms with Gasteiger partial charge in [0, 0.05) is 37.7 Å². The van der Waals surface area contributed by atoms with E-state index in [1.54, 1.807) is 6.20 Å². The summed E-state index contributed by atoms with van der Waals surface area (Å²) >= 11 is 0. The van der Waals surface area contributed by atoms with Gasteiger partial charge >= 0.3 is 0 Å². The molecule has 1 amide bonds. The number of amides is 1. The molecule has 1 aliphatic rings. The van der Waals surface area contributed by atoms with E-state index in [0.717, 1.165) is 24.4 Å². The van der Waals surface area contributed by atoms with E-state index in [-0.39, 0.29) is 5.91 Å². The molecule has 1 saturated heterocycles. The number of aryl methyl sites for hydroxylation is 1. The van der Waals surface area contributed by atoms with E-state index in [1.807, 2.05) is 31.9 Å². The maximum atomic E-state index is 12.8. The Labute approximate surface area is 135 Å². The van der Waals surface area contributed by atoms with Gasteiger partial charge in [0.1, 0.15) is 17.1 Å². The Hall–Kier alpha value is -2.57.